The van der Waals surface area contributed by atoms with E-state index in [4.69, 9.17) is 0 Å². The van der Waals surface area contributed by atoms with Crippen LogP contribution in [0, 0.1) is 0 Å². The second-order valence-corrected chi connectivity index (χ2v) is 4.04. The molecule has 1 aliphatic carbocycles. The molecule has 0 aromatic carbocycles. The number of nitrogens with zero attached hydrogens (tertiary/aromatic N) is 1. The van der Waals surface area contributed by atoms with Crippen molar-refractivity contribution in [2.24, 2.45) is 0 Å². The molecule has 2 heteroatoms. The van der Waals surface area contributed by atoms with Gasteiger partial charge in [-0.3, -0.25) is 4.98 Å². The molecular formula is C12H18N2. The van der Waals surface area contributed by atoms with Gasteiger partial charge >= 0.3 is 0 Å². The number of aromatic nitrogens is 1. The van der Waals surface area contributed by atoms with Crippen molar-refractivity contribution in [3.8, 4) is 0 Å². The first-order valence-corrected chi connectivity index (χ1v) is 5.56. The minimum atomic E-state index is 0.517. The molecule has 76 valence electrons. The molecule has 0 bridgehead atoms. The number of rotatable bonds is 4. The molecule has 0 aliphatic heterocycles. The third-order valence-electron chi connectivity index (χ3n) is 3.06. The molecule has 1 aromatic rings. The summed E-state index contributed by atoms with van der Waals surface area (Å²) in [7, 11) is 0. The van der Waals surface area contributed by atoms with E-state index < -0.39 is 0 Å². The Labute approximate surface area is 85.7 Å². The van der Waals surface area contributed by atoms with Crippen LogP contribution in [0.5, 0.6) is 0 Å². The Bertz CT molecular complexity index is 267. The van der Waals surface area contributed by atoms with E-state index in [0.717, 1.165) is 12.5 Å². The fourth-order valence-corrected chi connectivity index (χ4v) is 1.90. The van der Waals surface area contributed by atoms with E-state index in [2.05, 4.69) is 29.4 Å². The number of hydrogen-bond acceptors (Lipinski definition) is 2. The van der Waals surface area contributed by atoms with E-state index in [-0.39, 0.29) is 0 Å². The average molecular weight is 190 g/mol. The van der Waals surface area contributed by atoms with Crippen LogP contribution in [-0.4, -0.2) is 11.0 Å². The normalized spacial score (nSPS) is 18.9. The monoisotopic (exact) mass is 190 g/mol. The lowest BCUT2D eigenvalue weighted by Gasteiger charge is -2.31. The van der Waals surface area contributed by atoms with Crippen LogP contribution in [0.2, 0.25) is 0 Å². The highest BCUT2D eigenvalue weighted by molar-refractivity contribution is 5.15. The van der Waals surface area contributed by atoms with Crippen LogP contribution in [0.3, 0.4) is 0 Å². The zero-order valence-electron chi connectivity index (χ0n) is 8.74. The van der Waals surface area contributed by atoms with E-state index in [1.807, 2.05) is 12.4 Å². The highest BCUT2D eigenvalue weighted by Gasteiger charge is 2.20. The molecule has 1 fully saturated rings. The zero-order chi connectivity index (χ0) is 9.80. The first-order valence-electron chi connectivity index (χ1n) is 5.56. The molecule has 14 heavy (non-hydrogen) atoms. The number of nitrogens with one attached hydrogen (secondary N) is 1. The van der Waals surface area contributed by atoms with Gasteiger partial charge in [0.25, 0.3) is 0 Å². The molecule has 0 spiro atoms. The van der Waals surface area contributed by atoms with Crippen LogP contribution in [-0.2, 0) is 0 Å². The minimum absolute atomic E-state index is 0.517. The quantitative estimate of drug-likeness (QED) is 0.789. The van der Waals surface area contributed by atoms with Gasteiger partial charge in [0.2, 0.25) is 0 Å². The van der Waals surface area contributed by atoms with Gasteiger partial charge in [0, 0.05) is 24.5 Å². The van der Waals surface area contributed by atoms with Crippen molar-refractivity contribution in [3.63, 3.8) is 0 Å². The van der Waals surface area contributed by atoms with E-state index >= 15 is 0 Å². The molecule has 1 saturated carbocycles. The van der Waals surface area contributed by atoms with Gasteiger partial charge in [-0.1, -0.05) is 13.3 Å². The van der Waals surface area contributed by atoms with Crippen LogP contribution >= 0.6 is 0 Å². The lowest BCUT2D eigenvalue weighted by Crippen LogP contribution is -2.37. The maximum Gasteiger partial charge on any atom is 0.0321 e. The highest BCUT2D eigenvalue weighted by Crippen LogP contribution is 2.24. The van der Waals surface area contributed by atoms with Crippen molar-refractivity contribution in [2.75, 3.05) is 0 Å². The topological polar surface area (TPSA) is 24.9 Å². The van der Waals surface area contributed by atoms with Gasteiger partial charge in [-0.05, 0) is 37.0 Å². The molecule has 2 nitrogen and oxygen atoms in total. The second kappa shape index (κ2) is 4.56. The smallest absolute Gasteiger partial charge is 0.0321 e. The maximum atomic E-state index is 4.05. The summed E-state index contributed by atoms with van der Waals surface area (Å²) in [5, 5.41) is 3.69. The average Bonchev–Trinajstić information content (AvgIpc) is 2.18. The summed E-state index contributed by atoms with van der Waals surface area (Å²) in [6.45, 7) is 2.23. The summed E-state index contributed by atoms with van der Waals surface area (Å²) in [6, 6.07) is 5.50. The summed E-state index contributed by atoms with van der Waals surface area (Å²) >= 11 is 0. The Balaban J connectivity index is 1.98. The Kier molecular flexibility index (Phi) is 3.14. The van der Waals surface area contributed by atoms with Crippen molar-refractivity contribution in [1.29, 1.82) is 0 Å². The lowest BCUT2D eigenvalue weighted by atomic mass is 9.91. The molecule has 1 heterocycles. The van der Waals surface area contributed by atoms with Crippen molar-refractivity contribution < 1.29 is 0 Å². The number of pyridine rings is 1. The Morgan fingerprint density at radius 3 is 2.64 bits per heavy atom. The second-order valence-electron chi connectivity index (χ2n) is 4.04. The molecule has 1 N–H and O–H groups in total. The van der Waals surface area contributed by atoms with Gasteiger partial charge in [0.15, 0.2) is 0 Å². The SMILES string of the molecule is CCC(NC1CCC1)c1ccncc1. The molecule has 1 unspecified atom stereocenters. The highest BCUT2D eigenvalue weighted by atomic mass is 15.0. The molecule has 1 aromatic heterocycles. The molecule has 1 atom stereocenters. The van der Waals surface area contributed by atoms with Gasteiger partial charge < -0.3 is 5.32 Å². The molecule has 2 rings (SSSR count). The van der Waals surface area contributed by atoms with Gasteiger partial charge in [-0.25, -0.2) is 0 Å². The van der Waals surface area contributed by atoms with E-state index in [0.29, 0.717) is 6.04 Å². The first-order chi connectivity index (χ1) is 6.90. The van der Waals surface area contributed by atoms with Crippen molar-refractivity contribution in [3.05, 3.63) is 30.1 Å². The summed E-state index contributed by atoms with van der Waals surface area (Å²) in [5.74, 6) is 0. The van der Waals surface area contributed by atoms with Crippen LogP contribution in [0.15, 0.2) is 24.5 Å². The fraction of sp³-hybridized carbons (Fsp3) is 0.583. The van der Waals surface area contributed by atoms with Crippen LogP contribution < -0.4 is 5.32 Å². The predicted molar refractivity (Wildman–Crippen MR) is 58.0 cm³/mol. The van der Waals surface area contributed by atoms with E-state index in [1.54, 1.807) is 0 Å². The summed E-state index contributed by atoms with van der Waals surface area (Å²) in [4.78, 5) is 4.05. The third kappa shape index (κ3) is 2.13. The minimum Gasteiger partial charge on any atom is -0.307 e. The zero-order valence-corrected chi connectivity index (χ0v) is 8.74. The molecule has 1 aliphatic rings. The van der Waals surface area contributed by atoms with Gasteiger partial charge in [-0.15, -0.1) is 0 Å². The number of hydrogen-bond donors (Lipinski definition) is 1. The third-order valence-corrected chi connectivity index (χ3v) is 3.06. The van der Waals surface area contributed by atoms with E-state index in [9.17, 15) is 0 Å². The van der Waals surface area contributed by atoms with Crippen LogP contribution in [0.4, 0.5) is 0 Å². The molecular weight excluding hydrogens is 172 g/mol. The molecule has 0 amide bonds. The summed E-state index contributed by atoms with van der Waals surface area (Å²) in [5.41, 5.74) is 1.37. The van der Waals surface area contributed by atoms with E-state index in [1.165, 1.54) is 24.8 Å². The largest absolute Gasteiger partial charge is 0.307 e. The fourth-order valence-electron chi connectivity index (χ4n) is 1.90. The predicted octanol–water partition coefficient (Wildman–Crippen LogP) is 2.67. The summed E-state index contributed by atoms with van der Waals surface area (Å²) < 4.78 is 0. The van der Waals surface area contributed by atoms with Crippen molar-refractivity contribution in [1.82, 2.24) is 10.3 Å². The Morgan fingerprint density at radius 2 is 2.14 bits per heavy atom. The van der Waals surface area contributed by atoms with Crippen LogP contribution in [0.25, 0.3) is 0 Å². The van der Waals surface area contributed by atoms with Crippen molar-refractivity contribution >= 4 is 0 Å². The maximum absolute atomic E-state index is 4.05. The van der Waals surface area contributed by atoms with Gasteiger partial charge in [0.1, 0.15) is 0 Å². The molecule has 0 saturated heterocycles. The standard InChI is InChI=1S/C12H18N2/c1-2-12(14-11-4-3-5-11)10-6-8-13-9-7-10/h6-9,11-12,14H,2-5H2,1H3. The molecule has 0 radical (unpaired) electrons. The lowest BCUT2D eigenvalue weighted by molar-refractivity contribution is 0.301. The summed E-state index contributed by atoms with van der Waals surface area (Å²) in [6.07, 6.45) is 9.00. The Hall–Kier alpha value is -0.890. The Morgan fingerprint density at radius 1 is 1.43 bits per heavy atom. The van der Waals surface area contributed by atoms with Gasteiger partial charge in [-0.2, -0.15) is 0 Å². The van der Waals surface area contributed by atoms with Crippen LogP contribution in [0.1, 0.15) is 44.2 Å². The van der Waals surface area contributed by atoms with Crippen molar-refractivity contribution in [2.45, 2.75) is 44.7 Å². The van der Waals surface area contributed by atoms with Gasteiger partial charge in [0.05, 0.1) is 0 Å². The first kappa shape index (κ1) is 9.66.